The number of carbonyl (C=O) groups excluding carboxylic acids is 3. The van der Waals surface area contributed by atoms with Gasteiger partial charge in [0.05, 0.1) is 29.7 Å². The smallest absolute Gasteiger partial charge is 0.340 e. The summed E-state index contributed by atoms with van der Waals surface area (Å²) in [5, 5.41) is 6.40. The number of rotatable bonds is 7. The van der Waals surface area contributed by atoms with Crippen LogP contribution in [-0.2, 0) is 4.74 Å². The minimum atomic E-state index is -0.489. The van der Waals surface area contributed by atoms with Gasteiger partial charge in [-0.05, 0) is 61.9 Å². The Morgan fingerprint density at radius 3 is 2.43 bits per heavy atom. The van der Waals surface area contributed by atoms with E-state index in [9.17, 15) is 18.8 Å². The van der Waals surface area contributed by atoms with Crippen molar-refractivity contribution in [3.05, 3.63) is 108 Å². The van der Waals surface area contributed by atoms with Gasteiger partial charge < -0.3 is 29.6 Å². The van der Waals surface area contributed by atoms with Crippen molar-refractivity contribution in [2.75, 3.05) is 48.3 Å². The topological polar surface area (TPSA) is 117 Å². The van der Waals surface area contributed by atoms with Crippen LogP contribution in [0.25, 0.3) is 22.1 Å². The summed E-state index contributed by atoms with van der Waals surface area (Å²) in [6.45, 7) is 5.79. The number of para-hydroxylation sites is 1. The van der Waals surface area contributed by atoms with Crippen LogP contribution in [0.2, 0.25) is 0 Å². The van der Waals surface area contributed by atoms with Crippen molar-refractivity contribution in [2.45, 2.75) is 13.8 Å². The summed E-state index contributed by atoms with van der Waals surface area (Å²) < 4.78 is 25.3. The number of hydrogen-bond donors (Lipinski definition) is 2. The first-order valence-corrected chi connectivity index (χ1v) is 14.9. The number of ether oxygens (including phenoxy) is 1. The van der Waals surface area contributed by atoms with E-state index in [1.165, 1.54) is 6.07 Å². The molecule has 3 heterocycles. The Hall–Kier alpha value is -5.71. The van der Waals surface area contributed by atoms with Gasteiger partial charge in [-0.3, -0.25) is 4.79 Å². The Bertz CT molecular complexity index is 1910. The quantitative estimate of drug-likeness (QED) is 0.194. The second-order valence-corrected chi connectivity index (χ2v) is 10.8. The van der Waals surface area contributed by atoms with Crippen LogP contribution in [0.3, 0.4) is 0 Å². The first kappa shape index (κ1) is 30.3. The van der Waals surface area contributed by atoms with Crippen molar-refractivity contribution in [1.29, 1.82) is 0 Å². The Balaban J connectivity index is 1.06. The first-order chi connectivity index (χ1) is 22.3. The normalized spacial score (nSPS) is 13.0. The second-order valence-electron chi connectivity index (χ2n) is 10.8. The van der Waals surface area contributed by atoms with E-state index in [-0.39, 0.29) is 24.2 Å². The molecule has 1 aliphatic heterocycles. The summed E-state index contributed by atoms with van der Waals surface area (Å²) in [7, 11) is 0. The summed E-state index contributed by atoms with van der Waals surface area (Å²) in [6, 6.07) is 21.9. The molecule has 0 saturated carbocycles. The third kappa shape index (κ3) is 6.25. The molecule has 46 heavy (non-hydrogen) atoms. The zero-order valence-corrected chi connectivity index (χ0v) is 25.4. The van der Waals surface area contributed by atoms with E-state index in [0.717, 1.165) is 5.39 Å². The van der Waals surface area contributed by atoms with Crippen LogP contribution >= 0.6 is 0 Å². The number of piperazine rings is 1. The van der Waals surface area contributed by atoms with Crippen LogP contribution < -0.4 is 15.5 Å². The average molecular weight is 622 g/mol. The van der Waals surface area contributed by atoms with Gasteiger partial charge in [0.1, 0.15) is 17.2 Å². The van der Waals surface area contributed by atoms with Crippen LogP contribution in [0.4, 0.5) is 26.4 Å². The lowest BCUT2D eigenvalue weighted by atomic mass is 10.0. The fourth-order valence-corrected chi connectivity index (χ4v) is 5.45. The van der Waals surface area contributed by atoms with E-state index < -0.39 is 11.9 Å². The summed E-state index contributed by atoms with van der Waals surface area (Å²) in [4.78, 5) is 46.6. The zero-order chi connectivity index (χ0) is 32.2. The van der Waals surface area contributed by atoms with Gasteiger partial charge in [0.2, 0.25) is 0 Å². The number of carbonyl (C=O) groups is 3. The summed E-state index contributed by atoms with van der Waals surface area (Å²) in [5.74, 6) is -0.342. The van der Waals surface area contributed by atoms with Crippen LogP contribution in [0.5, 0.6) is 0 Å². The lowest BCUT2D eigenvalue weighted by molar-refractivity contribution is 0.0527. The third-order valence-electron chi connectivity index (χ3n) is 7.89. The molecule has 234 valence electrons. The number of anilines is 3. The van der Waals surface area contributed by atoms with Crippen LogP contribution in [0.15, 0.2) is 89.5 Å². The molecule has 0 aliphatic carbocycles. The van der Waals surface area contributed by atoms with Crippen molar-refractivity contribution >= 4 is 46.1 Å². The lowest BCUT2D eigenvalue weighted by Gasteiger charge is -2.35. The number of fused-ring (bicyclic) bond motifs is 1. The molecule has 0 atom stereocenters. The second kappa shape index (κ2) is 13.1. The average Bonchev–Trinajstić information content (AvgIpc) is 3.41. The van der Waals surface area contributed by atoms with Gasteiger partial charge in [-0.2, -0.15) is 0 Å². The van der Waals surface area contributed by atoms with Crippen LogP contribution in [0.1, 0.15) is 33.4 Å². The summed E-state index contributed by atoms with van der Waals surface area (Å²) >= 11 is 0. The van der Waals surface area contributed by atoms with E-state index in [0.29, 0.717) is 71.2 Å². The molecule has 5 aromatic rings. The Labute approximate surface area is 264 Å². The number of furan rings is 1. The third-order valence-corrected chi connectivity index (χ3v) is 7.89. The molecule has 3 amide bonds. The van der Waals surface area contributed by atoms with Crippen molar-refractivity contribution in [1.82, 2.24) is 9.88 Å². The van der Waals surface area contributed by atoms with E-state index in [4.69, 9.17) is 9.15 Å². The molecule has 0 radical (unpaired) electrons. The van der Waals surface area contributed by atoms with E-state index in [1.54, 1.807) is 85.6 Å². The van der Waals surface area contributed by atoms with E-state index in [2.05, 4.69) is 20.5 Å². The summed E-state index contributed by atoms with van der Waals surface area (Å²) in [6.07, 6.45) is 1.58. The number of urea groups is 1. The highest BCUT2D eigenvalue weighted by Crippen LogP contribution is 2.32. The molecule has 10 nitrogen and oxygen atoms in total. The van der Waals surface area contributed by atoms with E-state index in [1.807, 2.05) is 12.1 Å². The largest absolute Gasteiger partial charge is 0.462 e. The molecule has 1 fully saturated rings. The highest BCUT2D eigenvalue weighted by atomic mass is 19.1. The van der Waals surface area contributed by atoms with Crippen molar-refractivity contribution in [3.8, 4) is 11.1 Å². The van der Waals surface area contributed by atoms with Gasteiger partial charge in [-0.1, -0.05) is 36.4 Å². The van der Waals surface area contributed by atoms with Gasteiger partial charge in [0.15, 0.2) is 5.76 Å². The van der Waals surface area contributed by atoms with Gasteiger partial charge in [0.25, 0.3) is 5.91 Å². The molecule has 0 bridgehead atoms. The predicted octanol–water partition coefficient (Wildman–Crippen LogP) is 6.73. The fraction of sp³-hybridized carbons (Fsp3) is 0.200. The number of hydrogen-bond acceptors (Lipinski definition) is 7. The maximum absolute atomic E-state index is 14.3. The number of esters is 1. The van der Waals surface area contributed by atoms with Gasteiger partial charge in [-0.15, -0.1) is 0 Å². The molecular weight excluding hydrogens is 589 g/mol. The highest BCUT2D eigenvalue weighted by Gasteiger charge is 2.24. The van der Waals surface area contributed by atoms with Gasteiger partial charge in [0, 0.05) is 42.7 Å². The summed E-state index contributed by atoms with van der Waals surface area (Å²) in [5.41, 5.74) is 3.56. The molecule has 11 heteroatoms. The number of amides is 3. The number of aromatic nitrogens is 1. The first-order valence-electron chi connectivity index (χ1n) is 14.9. The van der Waals surface area contributed by atoms with Crippen LogP contribution in [-0.4, -0.2) is 60.6 Å². The van der Waals surface area contributed by atoms with Gasteiger partial charge in [-0.25, -0.2) is 19.0 Å². The Kier molecular flexibility index (Phi) is 8.64. The maximum atomic E-state index is 14.3. The molecule has 0 spiro atoms. The SMILES string of the molecule is CCOC(=O)c1ccccc1NC(=O)N1CCN(c2ccc(NC(=O)c3oc4ccc(-c5ccccc5F)cc4c3C)cn2)CC1. The molecule has 3 aromatic carbocycles. The highest BCUT2D eigenvalue weighted by molar-refractivity contribution is 6.07. The number of halogens is 1. The molecule has 1 aliphatic rings. The molecular formula is C35H32FN5O5. The van der Waals surface area contributed by atoms with Crippen molar-refractivity contribution < 1.29 is 27.9 Å². The monoisotopic (exact) mass is 621 g/mol. The number of benzene rings is 3. The predicted molar refractivity (Wildman–Crippen MR) is 174 cm³/mol. The Morgan fingerprint density at radius 1 is 0.935 bits per heavy atom. The Morgan fingerprint density at radius 2 is 1.70 bits per heavy atom. The van der Waals surface area contributed by atoms with Crippen molar-refractivity contribution in [2.24, 2.45) is 0 Å². The molecule has 1 saturated heterocycles. The standard InChI is InChI=1S/C35H32FN5O5/c1-3-45-34(43)26-9-5-7-11-29(26)39-35(44)41-18-16-40(17-19-41)31-15-13-24(21-37-31)38-33(42)32-22(2)27-20-23(12-14-30(27)46-32)25-8-4-6-10-28(25)36/h4-15,20-21H,3,16-19H2,1-2H3,(H,38,42)(H,39,44). The maximum Gasteiger partial charge on any atom is 0.340 e. The lowest BCUT2D eigenvalue weighted by Crippen LogP contribution is -2.50. The number of nitrogens with one attached hydrogen (secondary N) is 2. The fourth-order valence-electron chi connectivity index (χ4n) is 5.45. The van der Waals surface area contributed by atoms with E-state index >= 15 is 0 Å². The molecule has 2 N–H and O–H groups in total. The van der Waals surface area contributed by atoms with Crippen LogP contribution in [0, 0.1) is 12.7 Å². The number of nitrogens with zero attached hydrogens (tertiary/aromatic N) is 3. The number of pyridine rings is 1. The number of aryl methyl sites for hydroxylation is 1. The van der Waals surface area contributed by atoms with Crippen molar-refractivity contribution in [3.63, 3.8) is 0 Å². The zero-order valence-electron chi connectivity index (χ0n) is 25.4. The van der Waals surface area contributed by atoms with Gasteiger partial charge >= 0.3 is 12.0 Å². The molecule has 6 rings (SSSR count). The minimum Gasteiger partial charge on any atom is -0.462 e. The molecule has 0 unspecified atom stereocenters. The molecule has 2 aromatic heterocycles. The minimum absolute atomic E-state index is 0.170.